The maximum atomic E-state index is 12.2. The van der Waals surface area contributed by atoms with Gasteiger partial charge < -0.3 is 0 Å². The maximum Gasteiger partial charge on any atom is 0.446 e. The van der Waals surface area contributed by atoms with Gasteiger partial charge in [-0.3, -0.25) is 4.79 Å². The molecular weight excluding hydrogens is 249 g/mol. The second-order valence-electron chi connectivity index (χ2n) is 3.50. The van der Waals surface area contributed by atoms with Crippen molar-refractivity contribution in [1.29, 1.82) is 0 Å². The van der Waals surface area contributed by atoms with Gasteiger partial charge in [0.1, 0.15) is 0 Å². The van der Waals surface area contributed by atoms with Gasteiger partial charge >= 0.3 is 5.51 Å². The number of halogens is 3. The van der Waals surface area contributed by atoms with Crippen LogP contribution >= 0.6 is 11.8 Å². The molecule has 0 amide bonds. The fourth-order valence-electron chi connectivity index (χ4n) is 1.51. The number of rotatable bonds is 4. The lowest BCUT2D eigenvalue weighted by Gasteiger charge is -2.10. The average Bonchev–Trinajstić information content (AvgIpc) is 2.25. The van der Waals surface area contributed by atoms with Crippen LogP contribution in [0.2, 0.25) is 0 Å². The summed E-state index contributed by atoms with van der Waals surface area (Å²) in [6.07, 6.45) is 0.936. The summed E-state index contributed by atoms with van der Waals surface area (Å²) in [5.41, 5.74) is -3.12. The van der Waals surface area contributed by atoms with Crippen molar-refractivity contribution < 1.29 is 18.0 Å². The van der Waals surface area contributed by atoms with Gasteiger partial charge in [-0.05, 0) is 35.9 Å². The van der Waals surface area contributed by atoms with E-state index in [1.54, 1.807) is 13.0 Å². The quantitative estimate of drug-likeness (QED) is 0.589. The first-order valence-electron chi connectivity index (χ1n) is 5.29. The molecule has 0 atom stereocenters. The van der Waals surface area contributed by atoms with E-state index in [1.165, 1.54) is 12.1 Å². The Morgan fingerprint density at radius 2 is 1.94 bits per heavy atom. The first kappa shape index (κ1) is 14.1. The van der Waals surface area contributed by atoms with Crippen molar-refractivity contribution in [2.75, 3.05) is 0 Å². The summed E-state index contributed by atoms with van der Waals surface area (Å²) < 4.78 is 36.6. The molecule has 0 bridgehead atoms. The number of aryl methyl sites for hydroxylation is 1. The van der Waals surface area contributed by atoms with Crippen molar-refractivity contribution >= 4 is 17.5 Å². The number of hydrogen-bond donors (Lipinski definition) is 0. The zero-order valence-corrected chi connectivity index (χ0v) is 10.4. The molecule has 0 aliphatic rings. The van der Waals surface area contributed by atoms with Gasteiger partial charge in [0.15, 0.2) is 5.78 Å². The minimum Gasteiger partial charge on any atom is -0.294 e. The fraction of sp³-hybridized carbons (Fsp3) is 0.417. The molecule has 1 aromatic carbocycles. The van der Waals surface area contributed by atoms with Crippen LogP contribution in [-0.4, -0.2) is 11.3 Å². The first-order valence-corrected chi connectivity index (χ1v) is 6.11. The molecule has 0 spiro atoms. The third kappa shape index (κ3) is 4.07. The van der Waals surface area contributed by atoms with Crippen molar-refractivity contribution in [2.45, 2.75) is 37.1 Å². The molecule has 1 nitrogen and oxygen atoms in total. The molecule has 1 rings (SSSR count). The SMILES string of the molecule is CCC(=O)c1cc(SC(F)(F)F)ccc1CC. The Labute approximate surface area is 102 Å². The summed E-state index contributed by atoms with van der Waals surface area (Å²) >= 11 is -0.190. The summed E-state index contributed by atoms with van der Waals surface area (Å²) in [7, 11) is 0. The van der Waals surface area contributed by atoms with Crippen molar-refractivity contribution in [3.05, 3.63) is 29.3 Å². The maximum absolute atomic E-state index is 12.2. The van der Waals surface area contributed by atoms with Crippen molar-refractivity contribution in [2.24, 2.45) is 0 Å². The van der Waals surface area contributed by atoms with E-state index in [-0.39, 0.29) is 22.4 Å². The van der Waals surface area contributed by atoms with Crippen LogP contribution < -0.4 is 0 Å². The van der Waals surface area contributed by atoms with Gasteiger partial charge in [0.25, 0.3) is 0 Å². The third-order valence-corrected chi connectivity index (χ3v) is 3.04. The Kier molecular flexibility index (Phi) is 4.62. The summed E-state index contributed by atoms with van der Waals surface area (Å²) in [6, 6.07) is 4.34. The number of carbonyl (C=O) groups excluding carboxylic acids is 1. The zero-order chi connectivity index (χ0) is 13.1. The summed E-state index contributed by atoms with van der Waals surface area (Å²) in [5, 5.41) is 0. The normalized spacial score (nSPS) is 11.6. The molecule has 0 aliphatic carbocycles. The van der Waals surface area contributed by atoms with E-state index in [0.29, 0.717) is 18.4 Å². The molecule has 0 aliphatic heterocycles. The van der Waals surface area contributed by atoms with Gasteiger partial charge in [-0.2, -0.15) is 13.2 Å². The highest BCUT2D eigenvalue weighted by Gasteiger charge is 2.29. The van der Waals surface area contributed by atoms with Crippen molar-refractivity contribution in [3.63, 3.8) is 0 Å². The molecule has 94 valence electrons. The molecule has 17 heavy (non-hydrogen) atoms. The Balaban J connectivity index is 3.09. The van der Waals surface area contributed by atoms with Gasteiger partial charge in [-0.15, -0.1) is 0 Å². The molecule has 0 saturated carbocycles. The highest BCUT2D eigenvalue weighted by atomic mass is 32.2. The number of Topliss-reactive ketones (excluding diaryl/α,β-unsaturated/α-hetero) is 1. The summed E-state index contributed by atoms with van der Waals surface area (Å²) in [6.45, 7) is 3.57. The average molecular weight is 262 g/mol. The largest absolute Gasteiger partial charge is 0.446 e. The Hall–Kier alpha value is -0.970. The Morgan fingerprint density at radius 3 is 2.41 bits per heavy atom. The van der Waals surface area contributed by atoms with Crippen LogP contribution in [0.15, 0.2) is 23.1 Å². The van der Waals surface area contributed by atoms with Crippen LogP contribution in [0.5, 0.6) is 0 Å². The van der Waals surface area contributed by atoms with Crippen LogP contribution in [0.3, 0.4) is 0 Å². The summed E-state index contributed by atoms with van der Waals surface area (Å²) in [5.74, 6) is -0.119. The molecular formula is C12H13F3OS. The molecule has 0 radical (unpaired) electrons. The number of carbonyl (C=O) groups is 1. The first-order chi connectivity index (χ1) is 7.87. The van der Waals surface area contributed by atoms with Crippen molar-refractivity contribution in [1.82, 2.24) is 0 Å². The standard InChI is InChI=1S/C12H13F3OS/c1-3-8-5-6-9(17-12(13,14)15)7-10(8)11(16)4-2/h5-7H,3-4H2,1-2H3. The highest BCUT2D eigenvalue weighted by molar-refractivity contribution is 8.00. The summed E-state index contributed by atoms with van der Waals surface area (Å²) in [4.78, 5) is 11.7. The third-order valence-electron chi connectivity index (χ3n) is 2.32. The van der Waals surface area contributed by atoms with Gasteiger partial charge in [0, 0.05) is 16.9 Å². The smallest absolute Gasteiger partial charge is 0.294 e. The van der Waals surface area contributed by atoms with E-state index in [4.69, 9.17) is 0 Å². The molecule has 0 N–H and O–H groups in total. The minimum atomic E-state index is -4.32. The molecule has 5 heteroatoms. The molecule has 0 saturated heterocycles. The lowest BCUT2D eigenvalue weighted by atomic mass is 10.0. The van der Waals surface area contributed by atoms with Crippen LogP contribution in [0.4, 0.5) is 13.2 Å². The molecule has 0 fully saturated rings. The molecule has 0 aromatic heterocycles. The molecule has 1 aromatic rings. The van der Waals surface area contributed by atoms with E-state index in [2.05, 4.69) is 0 Å². The Bertz CT molecular complexity index is 413. The van der Waals surface area contributed by atoms with Crippen LogP contribution in [0.1, 0.15) is 36.2 Å². The molecule has 0 heterocycles. The van der Waals surface area contributed by atoms with Gasteiger partial charge in [-0.25, -0.2) is 0 Å². The molecule has 0 unspecified atom stereocenters. The van der Waals surface area contributed by atoms with Gasteiger partial charge in [0.2, 0.25) is 0 Å². The van der Waals surface area contributed by atoms with Crippen LogP contribution in [-0.2, 0) is 6.42 Å². The number of ketones is 1. The van der Waals surface area contributed by atoms with E-state index in [9.17, 15) is 18.0 Å². The van der Waals surface area contributed by atoms with Gasteiger partial charge in [0.05, 0.1) is 0 Å². The lowest BCUT2D eigenvalue weighted by Crippen LogP contribution is -2.04. The number of thioether (sulfide) groups is 1. The second kappa shape index (κ2) is 5.58. The van der Waals surface area contributed by atoms with Crippen molar-refractivity contribution in [3.8, 4) is 0 Å². The van der Waals surface area contributed by atoms with E-state index in [0.717, 1.165) is 5.56 Å². The van der Waals surface area contributed by atoms with Crippen LogP contribution in [0.25, 0.3) is 0 Å². The predicted molar refractivity (Wildman–Crippen MR) is 62.4 cm³/mol. The topological polar surface area (TPSA) is 17.1 Å². The number of benzene rings is 1. The van der Waals surface area contributed by atoms with E-state index in [1.807, 2.05) is 6.92 Å². The zero-order valence-electron chi connectivity index (χ0n) is 9.60. The lowest BCUT2D eigenvalue weighted by molar-refractivity contribution is -0.0328. The highest BCUT2D eigenvalue weighted by Crippen LogP contribution is 2.37. The van der Waals surface area contributed by atoms with Crippen LogP contribution in [0, 0.1) is 0 Å². The predicted octanol–water partition coefficient (Wildman–Crippen LogP) is 4.45. The monoisotopic (exact) mass is 262 g/mol. The van der Waals surface area contributed by atoms with Gasteiger partial charge in [-0.1, -0.05) is 19.9 Å². The second-order valence-corrected chi connectivity index (χ2v) is 4.64. The number of hydrogen-bond acceptors (Lipinski definition) is 2. The Morgan fingerprint density at radius 1 is 1.29 bits per heavy atom. The minimum absolute atomic E-state index is 0.0616. The fourth-order valence-corrected chi connectivity index (χ4v) is 2.09. The van der Waals surface area contributed by atoms with E-state index >= 15 is 0 Å². The van der Waals surface area contributed by atoms with E-state index < -0.39 is 5.51 Å². The number of alkyl halides is 3.